The van der Waals surface area contributed by atoms with Gasteiger partial charge in [-0.25, -0.2) is 14.2 Å². The van der Waals surface area contributed by atoms with Gasteiger partial charge in [0.15, 0.2) is 4.80 Å². The van der Waals surface area contributed by atoms with Crippen LogP contribution in [0, 0.1) is 5.82 Å². The van der Waals surface area contributed by atoms with Gasteiger partial charge in [0.05, 0.1) is 27.9 Å². The van der Waals surface area contributed by atoms with Crippen molar-refractivity contribution in [2.45, 2.75) is 32.9 Å². The summed E-state index contributed by atoms with van der Waals surface area (Å²) in [5.74, 6) is -0.916. The molecule has 0 bridgehead atoms. The van der Waals surface area contributed by atoms with E-state index >= 15 is 0 Å². The molecule has 0 spiro atoms. The number of hydrogen-bond donors (Lipinski definition) is 0. The molecule has 32 heavy (non-hydrogen) atoms. The summed E-state index contributed by atoms with van der Waals surface area (Å²) >= 11 is 7.25. The maximum atomic E-state index is 13.6. The highest BCUT2D eigenvalue weighted by Crippen LogP contribution is 2.31. The molecule has 2 heterocycles. The van der Waals surface area contributed by atoms with Crippen molar-refractivity contribution in [1.29, 1.82) is 0 Å². The number of carbonyl (C=O) groups excluding carboxylic acids is 1. The summed E-state index contributed by atoms with van der Waals surface area (Å²) in [4.78, 5) is 31.4. The van der Waals surface area contributed by atoms with Crippen LogP contribution in [0.2, 0.25) is 5.02 Å². The lowest BCUT2D eigenvalue weighted by molar-refractivity contribution is -0.143. The predicted molar refractivity (Wildman–Crippen MR) is 123 cm³/mol. The molecule has 0 radical (unpaired) electrons. The highest BCUT2D eigenvalue weighted by atomic mass is 35.5. The van der Waals surface area contributed by atoms with Crippen molar-refractivity contribution in [3.05, 3.63) is 101 Å². The molecular formula is C24H20ClFN2O3S. The molecule has 0 amide bonds. The molecular weight excluding hydrogens is 451 g/mol. The van der Waals surface area contributed by atoms with E-state index in [2.05, 4.69) is 4.99 Å². The fourth-order valence-electron chi connectivity index (χ4n) is 3.57. The van der Waals surface area contributed by atoms with Crippen LogP contribution < -0.4 is 14.9 Å². The highest BCUT2D eigenvalue weighted by molar-refractivity contribution is 7.07. The number of aromatic nitrogens is 1. The van der Waals surface area contributed by atoms with Gasteiger partial charge >= 0.3 is 5.97 Å². The molecule has 1 aromatic heterocycles. The molecule has 2 aromatic carbocycles. The molecule has 1 aliphatic rings. The molecule has 0 unspecified atom stereocenters. The average Bonchev–Trinajstić information content (AvgIpc) is 3.02. The first kappa shape index (κ1) is 22.2. The molecule has 0 N–H and O–H groups in total. The van der Waals surface area contributed by atoms with Crippen molar-refractivity contribution >= 4 is 35.0 Å². The van der Waals surface area contributed by atoms with E-state index in [9.17, 15) is 14.0 Å². The smallest absolute Gasteiger partial charge is 0.338 e. The van der Waals surface area contributed by atoms with Gasteiger partial charge in [0.1, 0.15) is 5.82 Å². The van der Waals surface area contributed by atoms with Crippen molar-refractivity contribution < 1.29 is 13.9 Å². The number of ether oxygens (including phenoxy) is 1. The fraction of sp³-hybridized carbons (Fsp3) is 0.208. The normalized spacial score (nSPS) is 16.2. The van der Waals surface area contributed by atoms with Crippen molar-refractivity contribution in [3.63, 3.8) is 0 Å². The molecule has 0 saturated carbocycles. The lowest BCUT2D eigenvalue weighted by Gasteiger charge is -2.25. The van der Waals surface area contributed by atoms with Gasteiger partial charge in [0, 0.05) is 5.02 Å². The maximum Gasteiger partial charge on any atom is 0.338 e. The van der Waals surface area contributed by atoms with E-state index in [1.54, 1.807) is 63.2 Å². The SMILES string of the molecule is CC1=C(C(=O)OC(C)C)[C@@H](c2ccc(Cl)cc2)n2c(s/c(=C\c3cccc(F)c3)c2=O)=N1. The second kappa shape index (κ2) is 8.84. The molecule has 3 aromatic rings. The van der Waals surface area contributed by atoms with Gasteiger partial charge in [-0.1, -0.05) is 47.2 Å². The van der Waals surface area contributed by atoms with Crippen LogP contribution in [0.5, 0.6) is 0 Å². The standard InChI is InChI=1S/C24H20ClFN2O3S/c1-13(2)31-23(30)20-14(3)27-24-28(21(20)16-7-9-17(25)10-8-16)22(29)19(32-24)12-15-5-4-6-18(26)11-15/h4-13,21H,1-3H3/b19-12-/t21-/m1/s1. The minimum Gasteiger partial charge on any atom is -0.459 e. The van der Waals surface area contributed by atoms with E-state index in [1.807, 2.05) is 0 Å². The summed E-state index contributed by atoms with van der Waals surface area (Å²) in [5, 5.41) is 0.541. The number of hydrogen-bond acceptors (Lipinski definition) is 5. The van der Waals surface area contributed by atoms with Gasteiger partial charge in [-0.2, -0.15) is 0 Å². The van der Waals surface area contributed by atoms with Crippen LogP contribution in [0.1, 0.15) is 37.9 Å². The Balaban J connectivity index is 1.95. The first-order valence-electron chi connectivity index (χ1n) is 9.99. The van der Waals surface area contributed by atoms with Crippen LogP contribution in [0.3, 0.4) is 0 Å². The van der Waals surface area contributed by atoms with Gasteiger partial charge in [0.2, 0.25) is 0 Å². The van der Waals surface area contributed by atoms with Crippen LogP contribution in [-0.2, 0) is 9.53 Å². The number of fused-ring (bicyclic) bond motifs is 1. The van der Waals surface area contributed by atoms with Gasteiger partial charge in [-0.05, 0) is 62.2 Å². The lowest BCUT2D eigenvalue weighted by atomic mass is 9.96. The largest absolute Gasteiger partial charge is 0.459 e. The Morgan fingerprint density at radius 2 is 1.97 bits per heavy atom. The van der Waals surface area contributed by atoms with Gasteiger partial charge in [-0.3, -0.25) is 9.36 Å². The van der Waals surface area contributed by atoms with Gasteiger partial charge < -0.3 is 4.74 Å². The van der Waals surface area contributed by atoms with E-state index in [4.69, 9.17) is 16.3 Å². The second-order valence-electron chi connectivity index (χ2n) is 7.64. The Morgan fingerprint density at radius 1 is 1.25 bits per heavy atom. The molecule has 1 atom stereocenters. The topological polar surface area (TPSA) is 60.7 Å². The van der Waals surface area contributed by atoms with E-state index in [0.717, 1.165) is 0 Å². The summed E-state index contributed by atoms with van der Waals surface area (Å²) in [6.45, 7) is 5.25. The van der Waals surface area contributed by atoms with Crippen molar-refractivity contribution in [1.82, 2.24) is 4.57 Å². The summed E-state index contributed by atoms with van der Waals surface area (Å²) in [5.41, 5.74) is 1.73. The Morgan fingerprint density at radius 3 is 2.62 bits per heavy atom. The third kappa shape index (κ3) is 4.31. The molecule has 0 saturated heterocycles. The minimum absolute atomic E-state index is 0.297. The monoisotopic (exact) mass is 470 g/mol. The first-order valence-corrected chi connectivity index (χ1v) is 11.2. The number of esters is 1. The van der Waals surface area contributed by atoms with Crippen molar-refractivity contribution in [3.8, 4) is 0 Å². The van der Waals surface area contributed by atoms with Crippen LogP contribution in [0.25, 0.3) is 6.08 Å². The van der Waals surface area contributed by atoms with E-state index in [-0.39, 0.29) is 17.5 Å². The van der Waals surface area contributed by atoms with E-state index < -0.39 is 12.0 Å². The first-order chi connectivity index (χ1) is 15.2. The van der Waals surface area contributed by atoms with Crippen LogP contribution >= 0.6 is 22.9 Å². The predicted octanol–water partition coefficient (Wildman–Crippen LogP) is 3.98. The lowest BCUT2D eigenvalue weighted by Crippen LogP contribution is -2.40. The third-order valence-corrected chi connectivity index (χ3v) is 6.15. The van der Waals surface area contributed by atoms with Crippen LogP contribution in [0.15, 0.2) is 69.6 Å². The zero-order valence-corrected chi connectivity index (χ0v) is 19.2. The van der Waals surface area contributed by atoms with Gasteiger partial charge in [0.25, 0.3) is 5.56 Å². The van der Waals surface area contributed by atoms with Crippen LogP contribution in [-0.4, -0.2) is 16.6 Å². The zero-order chi connectivity index (χ0) is 23.0. The highest BCUT2D eigenvalue weighted by Gasteiger charge is 2.33. The van der Waals surface area contributed by atoms with Crippen LogP contribution in [0.4, 0.5) is 4.39 Å². The number of thiazole rings is 1. The third-order valence-electron chi connectivity index (χ3n) is 4.92. The summed E-state index contributed by atoms with van der Waals surface area (Å²) in [6.07, 6.45) is 1.29. The summed E-state index contributed by atoms with van der Waals surface area (Å²) < 4.78 is 21.0. The van der Waals surface area contributed by atoms with Gasteiger partial charge in [-0.15, -0.1) is 0 Å². The molecule has 0 fully saturated rings. The van der Waals surface area contributed by atoms with E-state index in [1.165, 1.54) is 28.0 Å². The van der Waals surface area contributed by atoms with Crippen molar-refractivity contribution in [2.24, 2.45) is 4.99 Å². The Kier molecular flexibility index (Phi) is 6.13. The quantitative estimate of drug-likeness (QED) is 0.542. The van der Waals surface area contributed by atoms with E-state index in [0.29, 0.717) is 36.8 Å². The maximum absolute atomic E-state index is 13.6. The number of rotatable bonds is 4. The Labute approximate surface area is 192 Å². The Hall–Kier alpha value is -3.03. The number of halogens is 2. The molecule has 164 valence electrons. The molecule has 0 aliphatic carbocycles. The summed E-state index contributed by atoms with van der Waals surface area (Å²) in [6, 6.07) is 12.2. The number of allylic oxidation sites excluding steroid dienone is 1. The number of benzene rings is 2. The second-order valence-corrected chi connectivity index (χ2v) is 9.09. The number of carbonyl (C=O) groups is 1. The molecule has 8 heteroatoms. The fourth-order valence-corrected chi connectivity index (χ4v) is 4.74. The minimum atomic E-state index is -0.718. The molecule has 4 rings (SSSR count). The zero-order valence-electron chi connectivity index (χ0n) is 17.6. The Bertz CT molecular complexity index is 1400. The number of nitrogens with zero attached hydrogens (tertiary/aromatic N) is 2. The molecule has 5 nitrogen and oxygen atoms in total. The molecule has 1 aliphatic heterocycles. The average molecular weight is 471 g/mol. The van der Waals surface area contributed by atoms with Crippen molar-refractivity contribution in [2.75, 3.05) is 0 Å². The summed E-state index contributed by atoms with van der Waals surface area (Å²) in [7, 11) is 0.